The minimum Gasteiger partial charge on any atom is -0.466 e. The fourth-order valence-corrected chi connectivity index (χ4v) is 8.26. The van der Waals surface area contributed by atoms with Crippen molar-refractivity contribution in [2.24, 2.45) is 40.4 Å². The van der Waals surface area contributed by atoms with Crippen LogP contribution < -0.4 is 0 Å². The zero-order valence-corrected chi connectivity index (χ0v) is 17.6. The Labute approximate surface area is 165 Å². The van der Waals surface area contributed by atoms with Crippen LogP contribution in [-0.2, 0) is 9.53 Å². The Kier molecular flexibility index (Phi) is 5.06. The molecule has 0 saturated heterocycles. The Bertz CT molecular complexity index is 634. The summed E-state index contributed by atoms with van der Waals surface area (Å²) in [7, 11) is 1.44. The van der Waals surface area contributed by atoms with E-state index in [1.807, 2.05) is 6.08 Å². The maximum Gasteiger partial charge on any atom is 0.330 e. The Morgan fingerprint density at radius 1 is 0.926 bits per heavy atom. The van der Waals surface area contributed by atoms with E-state index in [1.165, 1.54) is 71.3 Å². The quantitative estimate of drug-likeness (QED) is 0.330. The van der Waals surface area contributed by atoms with Gasteiger partial charge in [0.1, 0.15) is 0 Å². The SMILES string of the molecule is C=C(C=CC(=O)OC)[C@H]1CC[C@H]2[C@@H]3CCC4CCCC[C@]4(C)[C@H]3CC[C@]12C. The predicted molar refractivity (Wildman–Crippen MR) is 110 cm³/mol. The van der Waals surface area contributed by atoms with Gasteiger partial charge in [-0.1, -0.05) is 44.9 Å². The van der Waals surface area contributed by atoms with Crippen molar-refractivity contribution in [1.29, 1.82) is 0 Å². The first kappa shape index (κ1) is 19.3. The van der Waals surface area contributed by atoms with Crippen molar-refractivity contribution in [1.82, 2.24) is 0 Å². The van der Waals surface area contributed by atoms with Crippen molar-refractivity contribution in [3.63, 3.8) is 0 Å². The van der Waals surface area contributed by atoms with Crippen molar-refractivity contribution in [3.05, 3.63) is 24.3 Å². The highest BCUT2D eigenvalue weighted by Crippen LogP contribution is 2.68. The van der Waals surface area contributed by atoms with Crippen molar-refractivity contribution in [2.75, 3.05) is 7.11 Å². The summed E-state index contributed by atoms with van der Waals surface area (Å²) in [6.07, 6.45) is 17.6. The number of hydrogen-bond acceptors (Lipinski definition) is 2. The van der Waals surface area contributed by atoms with E-state index in [0.29, 0.717) is 16.7 Å². The zero-order chi connectivity index (χ0) is 19.2. The molecule has 0 spiro atoms. The van der Waals surface area contributed by atoms with Gasteiger partial charge in [-0.3, -0.25) is 0 Å². The molecule has 0 aromatic heterocycles. The Balaban J connectivity index is 1.54. The van der Waals surface area contributed by atoms with Crippen LogP contribution in [0.15, 0.2) is 24.3 Å². The van der Waals surface area contributed by atoms with Crippen molar-refractivity contribution < 1.29 is 9.53 Å². The first-order chi connectivity index (χ1) is 12.9. The molecular formula is C25H38O2. The lowest BCUT2D eigenvalue weighted by Gasteiger charge is -2.60. The second-order valence-electron chi connectivity index (χ2n) is 10.5. The minimum atomic E-state index is -0.275. The van der Waals surface area contributed by atoms with E-state index in [9.17, 15) is 4.79 Å². The standard InChI is InChI=1S/C25H38O2/c1-17(8-13-23(26)27-4)20-11-12-21-19-10-9-18-7-5-6-15-24(18,2)22(19)14-16-25(20,21)3/h8,13,18-22H,1,5-7,9-12,14-16H2,2-4H3/t18?,19-,20+,21-,22-,24-,25+/m0/s1. The number of allylic oxidation sites excluding steroid dienone is 2. The van der Waals surface area contributed by atoms with Crippen molar-refractivity contribution >= 4 is 5.97 Å². The molecule has 2 nitrogen and oxygen atoms in total. The van der Waals surface area contributed by atoms with Gasteiger partial charge in [0.2, 0.25) is 0 Å². The largest absolute Gasteiger partial charge is 0.466 e. The number of carbonyl (C=O) groups excluding carboxylic acids is 1. The van der Waals surface area contributed by atoms with Gasteiger partial charge in [0, 0.05) is 6.08 Å². The molecule has 4 aliphatic rings. The fraction of sp³-hybridized carbons (Fsp3) is 0.800. The molecule has 4 aliphatic carbocycles. The van der Waals surface area contributed by atoms with Gasteiger partial charge in [-0.25, -0.2) is 4.79 Å². The molecule has 0 bridgehead atoms. The first-order valence-corrected chi connectivity index (χ1v) is 11.3. The topological polar surface area (TPSA) is 26.3 Å². The van der Waals surface area contributed by atoms with Gasteiger partial charge >= 0.3 is 5.97 Å². The normalized spacial score (nSPS) is 46.4. The maximum atomic E-state index is 11.5. The Hall–Kier alpha value is -1.05. The molecule has 4 saturated carbocycles. The smallest absolute Gasteiger partial charge is 0.330 e. The molecular weight excluding hydrogens is 332 g/mol. The fourth-order valence-electron chi connectivity index (χ4n) is 8.26. The summed E-state index contributed by atoms with van der Waals surface area (Å²) in [6, 6.07) is 0. The van der Waals surface area contributed by atoms with Crippen LogP contribution in [0.25, 0.3) is 0 Å². The van der Waals surface area contributed by atoms with Gasteiger partial charge in [0.05, 0.1) is 7.11 Å². The molecule has 0 N–H and O–H groups in total. The summed E-state index contributed by atoms with van der Waals surface area (Å²) in [4.78, 5) is 11.5. The van der Waals surface area contributed by atoms with Gasteiger partial charge in [-0.2, -0.15) is 0 Å². The summed E-state index contributed by atoms with van der Waals surface area (Å²) >= 11 is 0. The summed E-state index contributed by atoms with van der Waals surface area (Å²) in [5.41, 5.74) is 2.13. The van der Waals surface area contributed by atoms with E-state index in [-0.39, 0.29) is 5.97 Å². The molecule has 0 amide bonds. The highest BCUT2D eigenvalue weighted by atomic mass is 16.5. The van der Waals surface area contributed by atoms with E-state index in [2.05, 4.69) is 20.4 Å². The van der Waals surface area contributed by atoms with E-state index in [0.717, 1.165) is 29.2 Å². The maximum absolute atomic E-state index is 11.5. The molecule has 2 heteroatoms. The lowest BCUT2D eigenvalue weighted by atomic mass is 9.44. The van der Waals surface area contributed by atoms with E-state index < -0.39 is 0 Å². The Morgan fingerprint density at radius 2 is 1.70 bits per heavy atom. The third-order valence-electron chi connectivity index (χ3n) is 9.67. The van der Waals surface area contributed by atoms with E-state index in [1.54, 1.807) is 6.08 Å². The average Bonchev–Trinajstić information content (AvgIpc) is 3.02. The van der Waals surface area contributed by atoms with Crippen LogP contribution >= 0.6 is 0 Å². The van der Waals surface area contributed by atoms with Gasteiger partial charge in [0.25, 0.3) is 0 Å². The second kappa shape index (κ2) is 7.08. The lowest BCUT2D eigenvalue weighted by molar-refractivity contribution is -0.134. The van der Waals surface area contributed by atoms with Gasteiger partial charge < -0.3 is 4.74 Å². The van der Waals surface area contributed by atoms with Crippen molar-refractivity contribution in [3.8, 4) is 0 Å². The van der Waals surface area contributed by atoms with E-state index >= 15 is 0 Å². The highest BCUT2D eigenvalue weighted by molar-refractivity contribution is 5.82. The number of ether oxygens (including phenoxy) is 1. The van der Waals surface area contributed by atoms with Gasteiger partial charge in [0.15, 0.2) is 0 Å². The summed E-state index contributed by atoms with van der Waals surface area (Å²) in [5, 5.41) is 0. The monoisotopic (exact) mass is 370 g/mol. The number of rotatable bonds is 3. The van der Waals surface area contributed by atoms with Crippen LogP contribution in [0.2, 0.25) is 0 Å². The van der Waals surface area contributed by atoms with Crippen LogP contribution in [0.1, 0.15) is 78.1 Å². The van der Waals surface area contributed by atoms with Crippen LogP contribution in [0.4, 0.5) is 0 Å². The molecule has 4 fully saturated rings. The molecule has 0 aromatic carbocycles. The highest BCUT2D eigenvalue weighted by Gasteiger charge is 2.59. The number of esters is 1. The number of carbonyl (C=O) groups is 1. The first-order valence-electron chi connectivity index (χ1n) is 11.3. The molecule has 4 rings (SSSR count). The number of methoxy groups -OCH3 is 1. The third-order valence-corrected chi connectivity index (χ3v) is 9.67. The molecule has 27 heavy (non-hydrogen) atoms. The summed E-state index contributed by atoms with van der Waals surface area (Å²) < 4.78 is 4.76. The Morgan fingerprint density at radius 3 is 2.48 bits per heavy atom. The van der Waals surface area contributed by atoms with Crippen molar-refractivity contribution in [2.45, 2.75) is 78.1 Å². The molecule has 1 unspecified atom stereocenters. The zero-order valence-electron chi connectivity index (χ0n) is 17.6. The van der Waals surface area contributed by atoms with Gasteiger partial charge in [-0.05, 0) is 91.8 Å². The van der Waals surface area contributed by atoms with Crippen LogP contribution in [0.3, 0.4) is 0 Å². The van der Waals surface area contributed by atoms with Gasteiger partial charge in [-0.15, -0.1) is 0 Å². The molecule has 0 radical (unpaired) electrons. The molecule has 0 heterocycles. The average molecular weight is 371 g/mol. The molecule has 0 aromatic rings. The second-order valence-corrected chi connectivity index (χ2v) is 10.5. The number of hydrogen-bond donors (Lipinski definition) is 0. The molecule has 150 valence electrons. The summed E-state index contributed by atoms with van der Waals surface area (Å²) in [6.45, 7) is 9.56. The summed E-state index contributed by atoms with van der Waals surface area (Å²) in [5.74, 6) is 3.97. The minimum absolute atomic E-state index is 0.275. The van der Waals surface area contributed by atoms with E-state index in [4.69, 9.17) is 4.74 Å². The molecule has 0 aliphatic heterocycles. The van der Waals surface area contributed by atoms with Crippen LogP contribution in [0, 0.1) is 40.4 Å². The predicted octanol–water partition coefficient (Wildman–Crippen LogP) is 6.32. The lowest BCUT2D eigenvalue weighted by Crippen LogP contribution is -2.52. The molecule has 7 atom stereocenters. The van der Waals surface area contributed by atoms with Crippen LogP contribution in [0.5, 0.6) is 0 Å². The van der Waals surface area contributed by atoms with Crippen LogP contribution in [-0.4, -0.2) is 13.1 Å². The third kappa shape index (κ3) is 3.02. The number of fused-ring (bicyclic) bond motifs is 5.